The molecule has 6 nitrogen and oxygen atoms in total. The quantitative estimate of drug-likeness (QED) is 0.484. The summed E-state index contributed by atoms with van der Waals surface area (Å²) in [7, 11) is 1.60. The molecule has 0 aliphatic heterocycles. The number of carbonyl (C=O) groups is 1. The van der Waals surface area contributed by atoms with Crippen molar-refractivity contribution >= 4 is 17.2 Å². The van der Waals surface area contributed by atoms with Crippen LogP contribution in [0.5, 0.6) is 11.5 Å². The molecule has 0 bridgehead atoms. The van der Waals surface area contributed by atoms with Crippen LogP contribution in [0.1, 0.15) is 55.7 Å². The van der Waals surface area contributed by atoms with Gasteiger partial charge in [-0.3, -0.25) is 9.20 Å². The predicted octanol–water partition coefficient (Wildman–Crippen LogP) is 5.12. The molecular formula is C23H29N3O3. The summed E-state index contributed by atoms with van der Waals surface area (Å²) in [5.41, 5.74) is 2.62. The van der Waals surface area contributed by atoms with Crippen LogP contribution in [0, 0.1) is 0 Å². The van der Waals surface area contributed by atoms with E-state index in [0.717, 1.165) is 24.5 Å². The van der Waals surface area contributed by atoms with Crippen LogP contribution in [0.4, 0.5) is 5.69 Å². The summed E-state index contributed by atoms with van der Waals surface area (Å²) in [4.78, 5) is 17.6. The molecule has 0 aliphatic rings. The van der Waals surface area contributed by atoms with Crippen LogP contribution in [-0.2, 0) is 6.42 Å². The van der Waals surface area contributed by atoms with E-state index < -0.39 is 0 Å². The largest absolute Gasteiger partial charge is 0.494 e. The van der Waals surface area contributed by atoms with Crippen LogP contribution in [0.3, 0.4) is 0 Å². The minimum absolute atomic E-state index is 0.198. The normalized spacial score (nSPS) is 10.9. The molecule has 2 heterocycles. The zero-order chi connectivity index (χ0) is 20.6. The lowest BCUT2D eigenvalue weighted by Crippen LogP contribution is -2.16. The van der Waals surface area contributed by atoms with Gasteiger partial charge in [0.1, 0.15) is 11.4 Å². The first-order valence-electron chi connectivity index (χ1n) is 10.3. The molecule has 0 aliphatic carbocycles. The Bertz CT molecular complexity index is 948. The van der Waals surface area contributed by atoms with E-state index >= 15 is 0 Å². The van der Waals surface area contributed by atoms with Crippen molar-refractivity contribution in [3.05, 3.63) is 54.0 Å². The van der Waals surface area contributed by atoms with Crippen molar-refractivity contribution in [1.82, 2.24) is 9.38 Å². The maximum absolute atomic E-state index is 13.0. The molecule has 6 heteroatoms. The summed E-state index contributed by atoms with van der Waals surface area (Å²) < 4.78 is 12.9. The Balaban J connectivity index is 1.70. The molecule has 0 atom stereocenters. The number of rotatable bonds is 10. The Morgan fingerprint density at radius 3 is 2.59 bits per heavy atom. The summed E-state index contributed by atoms with van der Waals surface area (Å²) in [6.45, 7) is 4.90. The first-order valence-corrected chi connectivity index (χ1v) is 10.3. The number of benzene rings is 1. The Hall–Kier alpha value is -3.02. The molecule has 154 valence electrons. The standard InChI is InChI=1S/C23H29N3O3/c1-4-6-7-8-16-29-18-13-11-17(12-14-18)24-23(27)21-19(5-2)25-22-20(28-3)10-9-15-26(21)22/h9-15H,4-8,16H2,1-3H3,(H,24,27). The molecule has 1 N–H and O–H groups in total. The minimum atomic E-state index is -0.198. The van der Waals surface area contributed by atoms with Gasteiger partial charge < -0.3 is 14.8 Å². The first-order chi connectivity index (χ1) is 14.2. The van der Waals surface area contributed by atoms with Gasteiger partial charge in [-0.25, -0.2) is 4.98 Å². The summed E-state index contributed by atoms with van der Waals surface area (Å²) in [5, 5.41) is 2.96. The number of unbranched alkanes of at least 4 members (excludes halogenated alkanes) is 3. The van der Waals surface area contributed by atoms with Crippen molar-refractivity contribution in [2.24, 2.45) is 0 Å². The smallest absolute Gasteiger partial charge is 0.274 e. The number of methoxy groups -OCH3 is 1. The average molecular weight is 396 g/mol. The van der Waals surface area contributed by atoms with Crippen molar-refractivity contribution in [2.75, 3.05) is 19.0 Å². The number of hydrogen-bond donors (Lipinski definition) is 1. The third-order valence-electron chi connectivity index (χ3n) is 4.84. The molecule has 0 fully saturated rings. The van der Waals surface area contributed by atoms with Crippen LogP contribution in [0.2, 0.25) is 0 Å². The molecule has 0 saturated heterocycles. The third kappa shape index (κ3) is 4.88. The second-order valence-electron chi connectivity index (χ2n) is 6.92. The number of nitrogens with zero attached hydrogens (tertiary/aromatic N) is 2. The topological polar surface area (TPSA) is 64.9 Å². The van der Waals surface area contributed by atoms with Gasteiger partial charge >= 0.3 is 0 Å². The number of aromatic nitrogens is 2. The number of nitrogens with one attached hydrogen (secondary N) is 1. The summed E-state index contributed by atoms with van der Waals surface area (Å²) in [5.74, 6) is 1.26. The average Bonchev–Trinajstić information content (AvgIpc) is 3.13. The molecule has 29 heavy (non-hydrogen) atoms. The van der Waals surface area contributed by atoms with Crippen LogP contribution < -0.4 is 14.8 Å². The number of ether oxygens (including phenoxy) is 2. The van der Waals surface area contributed by atoms with Crippen molar-refractivity contribution < 1.29 is 14.3 Å². The van der Waals surface area contributed by atoms with Gasteiger partial charge in [-0.2, -0.15) is 0 Å². The van der Waals surface area contributed by atoms with Gasteiger partial charge in [0.2, 0.25) is 0 Å². The zero-order valence-electron chi connectivity index (χ0n) is 17.4. The van der Waals surface area contributed by atoms with E-state index in [2.05, 4.69) is 17.2 Å². The molecule has 0 spiro atoms. The van der Waals surface area contributed by atoms with Crippen LogP contribution in [0.25, 0.3) is 5.65 Å². The number of pyridine rings is 1. The van der Waals surface area contributed by atoms with Crippen LogP contribution in [-0.4, -0.2) is 29.0 Å². The minimum Gasteiger partial charge on any atom is -0.494 e. The Morgan fingerprint density at radius 1 is 1.10 bits per heavy atom. The highest BCUT2D eigenvalue weighted by Crippen LogP contribution is 2.24. The molecule has 1 amide bonds. The van der Waals surface area contributed by atoms with Gasteiger partial charge in [-0.05, 0) is 49.2 Å². The lowest BCUT2D eigenvalue weighted by molar-refractivity contribution is 0.102. The molecular weight excluding hydrogens is 366 g/mol. The fourth-order valence-corrected chi connectivity index (χ4v) is 3.28. The third-order valence-corrected chi connectivity index (χ3v) is 4.84. The lowest BCUT2D eigenvalue weighted by Gasteiger charge is -2.09. The number of aryl methyl sites for hydroxylation is 1. The van der Waals surface area contributed by atoms with Gasteiger partial charge in [0.25, 0.3) is 5.91 Å². The molecule has 3 aromatic rings. The fraction of sp³-hybridized carbons (Fsp3) is 0.391. The lowest BCUT2D eigenvalue weighted by atomic mass is 10.2. The second kappa shape index (κ2) is 9.96. The van der Waals surface area contributed by atoms with E-state index in [4.69, 9.17) is 9.47 Å². The van der Waals surface area contributed by atoms with Gasteiger partial charge in [-0.1, -0.05) is 33.1 Å². The first kappa shape index (κ1) is 20.7. The number of amides is 1. The van der Waals surface area contributed by atoms with E-state index in [1.54, 1.807) is 11.5 Å². The van der Waals surface area contributed by atoms with Crippen LogP contribution >= 0.6 is 0 Å². The number of carbonyl (C=O) groups excluding carboxylic acids is 1. The van der Waals surface area contributed by atoms with Crippen molar-refractivity contribution in [3.63, 3.8) is 0 Å². The van der Waals surface area contributed by atoms with E-state index in [1.165, 1.54) is 19.3 Å². The van der Waals surface area contributed by atoms with E-state index in [1.807, 2.05) is 49.5 Å². The van der Waals surface area contributed by atoms with Gasteiger partial charge in [0.15, 0.2) is 11.4 Å². The zero-order valence-corrected chi connectivity index (χ0v) is 17.4. The fourth-order valence-electron chi connectivity index (χ4n) is 3.28. The van der Waals surface area contributed by atoms with Crippen molar-refractivity contribution in [2.45, 2.75) is 46.0 Å². The monoisotopic (exact) mass is 395 g/mol. The second-order valence-corrected chi connectivity index (χ2v) is 6.92. The highest BCUT2D eigenvalue weighted by molar-refractivity contribution is 6.04. The molecule has 2 aromatic heterocycles. The maximum Gasteiger partial charge on any atom is 0.274 e. The highest BCUT2D eigenvalue weighted by atomic mass is 16.5. The Labute approximate surface area is 171 Å². The Morgan fingerprint density at radius 2 is 1.90 bits per heavy atom. The van der Waals surface area contributed by atoms with Crippen molar-refractivity contribution in [1.29, 1.82) is 0 Å². The molecule has 0 saturated carbocycles. The Kier molecular flexibility index (Phi) is 7.11. The molecule has 0 radical (unpaired) electrons. The number of imidazole rings is 1. The maximum atomic E-state index is 13.0. The predicted molar refractivity (Wildman–Crippen MR) is 115 cm³/mol. The van der Waals surface area contributed by atoms with Crippen molar-refractivity contribution in [3.8, 4) is 11.5 Å². The number of anilines is 1. The van der Waals surface area contributed by atoms with E-state index in [0.29, 0.717) is 29.2 Å². The summed E-state index contributed by atoms with van der Waals surface area (Å²) in [6, 6.07) is 11.2. The summed E-state index contributed by atoms with van der Waals surface area (Å²) >= 11 is 0. The molecule has 1 aromatic carbocycles. The summed E-state index contributed by atoms with van der Waals surface area (Å²) in [6.07, 6.45) is 7.18. The van der Waals surface area contributed by atoms with Gasteiger partial charge in [-0.15, -0.1) is 0 Å². The highest BCUT2D eigenvalue weighted by Gasteiger charge is 2.20. The SMILES string of the molecule is CCCCCCOc1ccc(NC(=O)c2c(CC)nc3c(OC)cccn23)cc1. The van der Waals surface area contributed by atoms with E-state index in [9.17, 15) is 4.79 Å². The van der Waals surface area contributed by atoms with Gasteiger partial charge in [0.05, 0.1) is 19.4 Å². The van der Waals surface area contributed by atoms with Crippen LogP contribution in [0.15, 0.2) is 42.6 Å². The number of fused-ring (bicyclic) bond motifs is 1. The van der Waals surface area contributed by atoms with E-state index in [-0.39, 0.29) is 5.91 Å². The molecule has 3 rings (SSSR count). The molecule has 0 unspecified atom stereocenters. The van der Waals surface area contributed by atoms with Gasteiger partial charge in [0, 0.05) is 11.9 Å². The number of hydrogen-bond acceptors (Lipinski definition) is 4.